The van der Waals surface area contributed by atoms with Crippen molar-refractivity contribution in [3.05, 3.63) is 42.5 Å². The molecule has 154 valence electrons. The van der Waals surface area contributed by atoms with Crippen molar-refractivity contribution in [3.63, 3.8) is 0 Å². The van der Waals surface area contributed by atoms with Gasteiger partial charge in [-0.05, 0) is 24.1 Å². The fourth-order valence-electron chi connectivity index (χ4n) is 3.55. The van der Waals surface area contributed by atoms with E-state index in [0.717, 1.165) is 25.3 Å². The summed E-state index contributed by atoms with van der Waals surface area (Å²) in [7, 11) is 1.68. The van der Waals surface area contributed by atoms with E-state index in [0.29, 0.717) is 25.0 Å². The number of alkyl halides is 3. The molecule has 0 spiro atoms. The molecule has 0 aromatic heterocycles. The third kappa shape index (κ3) is 5.25. The van der Waals surface area contributed by atoms with E-state index < -0.39 is 12.1 Å². The van der Waals surface area contributed by atoms with E-state index in [2.05, 4.69) is 23.6 Å². The molecule has 2 saturated heterocycles. The van der Waals surface area contributed by atoms with Crippen molar-refractivity contribution in [2.45, 2.75) is 37.6 Å². The Hall–Kier alpha value is -2.55. The van der Waals surface area contributed by atoms with E-state index in [9.17, 15) is 18.0 Å². The van der Waals surface area contributed by atoms with Gasteiger partial charge in [-0.3, -0.25) is 9.69 Å². The molecule has 2 atom stereocenters. The molecule has 2 heterocycles. The molecule has 6 nitrogen and oxygen atoms in total. The number of halogens is 3. The SMILES string of the molecule is C=CCN1C(=O)C[C@@H]2[C@@H]1CCN2Cc1ccc(OC)cc1.O=C(O)C(F)(F)F. The number of rotatable bonds is 5. The van der Waals surface area contributed by atoms with Crippen molar-refractivity contribution in [3.8, 4) is 5.75 Å². The Balaban J connectivity index is 0.000000345. The lowest BCUT2D eigenvalue weighted by Gasteiger charge is -2.24. The van der Waals surface area contributed by atoms with E-state index in [1.807, 2.05) is 23.1 Å². The van der Waals surface area contributed by atoms with Gasteiger partial charge in [-0.1, -0.05) is 18.2 Å². The van der Waals surface area contributed by atoms with Crippen LogP contribution in [0.2, 0.25) is 0 Å². The molecule has 0 bridgehead atoms. The van der Waals surface area contributed by atoms with Crippen molar-refractivity contribution in [2.75, 3.05) is 20.2 Å². The zero-order chi connectivity index (χ0) is 20.9. The summed E-state index contributed by atoms with van der Waals surface area (Å²) in [6, 6.07) is 8.92. The van der Waals surface area contributed by atoms with Crippen molar-refractivity contribution in [2.24, 2.45) is 0 Å². The third-order valence-corrected chi connectivity index (χ3v) is 4.84. The number of aliphatic carboxylic acids is 1. The number of carbonyl (C=O) groups excluding carboxylic acids is 1. The molecule has 2 aliphatic heterocycles. The topological polar surface area (TPSA) is 70.1 Å². The maximum absolute atomic E-state index is 12.1. The first-order valence-electron chi connectivity index (χ1n) is 8.74. The highest BCUT2D eigenvalue weighted by atomic mass is 19.4. The van der Waals surface area contributed by atoms with Gasteiger partial charge in [0.25, 0.3) is 0 Å². The molecular formula is C19H23F3N2O4. The summed E-state index contributed by atoms with van der Waals surface area (Å²) in [6.45, 7) is 6.39. The average molecular weight is 400 g/mol. The molecule has 2 fully saturated rings. The summed E-state index contributed by atoms with van der Waals surface area (Å²) < 4.78 is 36.9. The number of hydrogen-bond acceptors (Lipinski definition) is 4. The lowest BCUT2D eigenvalue weighted by molar-refractivity contribution is -0.192. The van der Waals surface area contributed by atoms with Gasteiger partial charge in [-0.15, -0.1) is 6.58 Å². The molecular weight excluding hydrogens is 377 g/mol. The van der Waals surface area contributed by atoms with Crippen LogP contribution in [-0.4, -0.2) is 65.2 Å². The van der Waals surface area contributed by atoms with Crippen LogP contribution in [0.3, 0.4) is 0 Å². The van der Waals surface area contributed by atoms with Crippen LogP contribution >= 0.6 is 0 Å². The van der Waals surface area contributed by atoms with Gasteiger partial charge < -0.3 is 14.7 Å². The average Bonchev–Trinajstić information content (AvgIpc) is 3.16. The second-order valence-electron chi connectivity index (χ2n) is 6.58. The molecule has 28 heavy (non-hydrogen) atoms. The summed E-state index contributed by atoms with van der Waals surface area (Å²) >= 11 is 0. The van der Waals surface area contributed by atoms with Crippen LogP contribution < -0.4 is 4.74 Å². The van der Waals surface area contributed by atoms with Crippen LogP contribution in [0.4, 0.5) is 13.2 Å². The minimum Gasteiger partial charge on any atom is -0.497 e. The normalized spacial score (nSPS) is 21.7. The molecule has 0 aliphatic carbocycles. The van der Waals surface area contributed by atoms with Crippen LogP contribution in [0.15, 0.2) is 36.9 Å². The Morgan fingerprint density at radius 2 is 1.93 bits per heavy atom. The first kappa shape index (κ1) is 21.7. The molecule has 2 aliphatic rings. The third-order valence-electron chi connectivity index (χ3n) is 4.84. The zero-order valence-electron chi connectivity index (χ0n) is 15.5. The van der Waals surface area contributed by atoms with Crippen LogP contribution in [0.5, 0.6) is 5.75 Å². The Morgan fingerprint density at radius 3 is 2.43 bits per heavy atom. The Kier molecular flexibility index (Phi) is 7.06. The Labute approximate surface area is 161 Å². The number of nitrogens with zero attached hydrogens (tertiary/aromatic N) is 2. The monoisotopic (exact) mass is 400 g/mol. The predicted octanol–water partition coefficient (Wildman–Crippen LogP) is 2.69. The number of ether oxygens (including phenoxy) is 1. The van der Waals surface area contributed by atoms with Crippen LogP contribution in [0.25, 0.3) is 0 Å². The fraction of sp³-hybridized carbons (Fsp3) is 0.474. The number of carboxylic acid groups (broad SMARTS) is 1. The summed E-state index contributed by atoms with van der Waals surface area (Å²) in [6.07, 6.45) is -1.54. The molecule has 3 rings (SSSR count). The second-order valence-corrected chi connectivity index (χ2v) is 6.58. The number of benzene rings is 1. The van der Waals surface area contributed by atoms with E-state index >= 15 is 0 Å². The largest absolute Gasteiger partial charge is 0.497 e. The van der Waals surface area contributed by atoms with Gasteiger partial charge in [0.05, 0.1) is 7.11 Å². The van der Waals surface area contributed by atoms with Gasteiger partial charge in [-0.25, -0.2) is 4.79 Å². The van der Waals surface area contributed by atoms with Crippen molar-refractivity contribution in [1.29, 1.82) is 0 Å². The standard InChI is InChI=1S/C17H22N2O2.C2HF3O2/c1-3-9-19-15-8-10-18(16(15)11-17(19)20)12-13-4-6-14(21-2)7-5-13;3-2(4,5)1(6)7/h3-7,15-16H,1,8-12H2,2H3;(H,6,7)/t15-,16+;/m0./s1. The van der Waals surface area contributed by atoms with Crippen molar-refractivity contribution in [1.82, 2.24) is 9.80 Å². The van der Waals surface area contributed by atoms with E-state index in [4.69, 9.17) is 14.6 Å². The molecule has 0 radical (unpaired) electrons. The predicted molar refractivity (Wildman–Crippen MR) is 95.8 cm³/mol. The quantitative estimate of drug-likeness (QED) is 0.770. The van der Waals surface area contributed by atoms with E-state index in [1.54, 1.807) is 7.11 Å². The van der Waals surface area contributed by atoms with E-state index in [1.165, 1.54) is 5.56 Å². The summed E-state index contributed by atoms with van der Waals surface area (Å²) in [5.41, 5.74) is 1.27. The van der Waals surface area contributed by atoms with Gasteiger partial charge >= 0.3 is 12.1 Å². The molecule has 1 aromatic rings. The molecule has 0 saturated carbocycles. The highest BCUT2D eigenvalue weighted by Crippen LogP contribution is 2.33. The van der Waals surface area contributed by atoms with Crippen LogP contribution in [-0.2, 0) is 16.1 Å². The summed E-state index contributed by atoms with van der Waals surface area (Å²) in [5, 5.41) is 7.12. The number of methoxy groups -OCH3 is 1. The maximum Gasteiger partial charge on any atom is 0.490 e. The van der Waals surface area contributed by atoms with Crippen molar-refractivity contribution < 1.29 is 32.6 Å². The first-order chi connectivity index (χ1) is 13.2. The lowest BCUT2D eigenvalue weighted by Crippen LogP contribution is -2.37. The minimum absolute atomic E-state index is 0.268. The zero-order valence-corrected chi connectivity index (χ0v) is 15.5. The second kappa shape index (κ2) is 9.09. The molecule has 9 heteroatoms. The van der Waals surface area contributed by atoms with Crippen LogP contribution in [0, 0.1) is 0 Å². The molecule has 1 amide bonds. The van der Waals surface area contributed by atoms with Gasteiger partial charge in [0.1, 0.15) is 5.75 Å². The smallest absolute Gasteiger partial charge is 0.490 e. The highest BCUT2D eigenvalue weighted by molar-refractivity contribution is 5.80. The number of likely N-dealkylation sites (tertiary alicyclic amines) is 2. The Bertz CT molecular complexity index is 706. The number of amides is 1. The van der Waals surface area contributed by atoms with Crippen LogP contribution in [0.1, 0.15) is 18.4 Å². The number of carboxylic acids is 1. The molecule has 1 N–H and O–H groups in total. The van der Waals surface area contributed by atoms with Gasteiger partial charge in [0, 0.05) is 38.1 Å². The molecule has 0 unspecified atom stereocenters. The Morgan fingerprint density at radius 1 is 1.32 bits per heavy atom. The fourth-order valence-corrected chi connectivity index (χ4v) is 3.55. The van der Waals surface area contributed by atoms with Gasteiger partial charge in [-0.2, -0.15) is 13.2 Å². The van der Waals surface area contributed by atoms with Crippen molar-refractivity contribution >= 4 is 11.9 Å². The number of fused-ring (bicyclic) bond motifs is 1. The van der Waals surface area contributed by atoms with Gasteiger partial charge in [0.2, 0.25) is 5.91 Å². The minimum atomic E-state index is -5.08. The van der Waals surface area contributed by atoms with E-state index in [-0.39, 0.29) is 5.91 Å². The highest BCUT2D eigenvalue weighted by Gasteiger charge is 2.45. The lowest BCUT2D eigenvalue weighted by atomic mass is 10.1. The first-order valence-corrected chi connectivity index (χ1v) is 8.74. The maximum atomic E-state index is 12.1. The number of hydrogen-bond donors (Lipinski definition) is 1. The number of carbonyl (C=O) groups is 2. The summed E-state index contributed by atoms with van der Waals surface area (Å²) in [5.74, 6) is -1.61. The van der Waals surface area contributed by atoms with Gasteiger partial charge in [0.15, 0.2) is 0 Å². The summed E-state index contributed by atoms with van der Waals surface area (Å²) in [4.78, 5) is 25.4. The molecule has 1 aromatic carbocycles.